The van der Waals surface area contributed by atoms with Gasteiger partial charge in [0, 0.05) is 18.6 Å². The van der Waals surface area contributed by atoms with Crippen molar-refractivity contribution in [2.45, 2.75) is 79.4 Å². The van der Waals surface area contributed by atoms with Gasteiger partial charge in [-0.25, -0.2) is 4.79 Å². The molecule has 0 fully saturated rings. The van der Waals surface area contributed by atoms with Crippen LogP contribution in [0.1, 0.15) is 67.7 Å². The van der Waals surface area contributed by atoms with Gasteiger partial charge in [0.1, 0.15) is 0 Å². The van der Waals surface area contributed by atoms with E-state index in [1.54, 1.807) is 32.9 Å². The summed E-state index contributed by atoms with van der Waals surface area (Å²) in [6.45, 7) is 12.1. The molecule has 0 aromatic heterocycles. The second kappa shape index (κ2) is 12.5. The summed E-state index contributed by atoms with van der Waals surface area (Å²) >= 11 is 0. The molecule has 3 atom stereocenters. The van der Waals surface area contributed by atoms with Crippen LogP contribution in [-0.2, 0) is 23.9 Å². The van der Waals surface area contributed by atoms with Crippen molar-refractivity contribution in [3.63, 3.8) is 0 Å². The molecule has 0 saturated heterocycles. The van der Waals surface area contributed by atoms with E-state index in [-0.39, 0.29) is 11.4 Å². The molecule has 6 heteroatoms. The van der Waals surface area contributed by atoms with Crippen molar-refractivity contribution < 1.29 is 29.0 Å². The van der Waals surface area contributed by atoms with Crippen LogP contribution in [0.2, 0.25) is 0 Å². The van der Waals surface area contributed by atoms with Crippen molar-refractivity contribution in [2.24, 2.45) is 5.41 Å². The Hall–Kier alpha value is -2.73. The van der Waals surface area contributed by atoms with Gasteiger partial charge in [0.05, 0.1) is 6.61 Å². The lowest BCUT2D eigenvalue weighted by Crippen LogP contribution is -2.43. The highest BCUT2D eigenvalue weighted by molar-refractivity contribution is 6.04. The summed E-state index contributed by atoms with van der Waals surface area (Å²) in [6.07, 6.45) is 12.7. The molecule has 0 spiro atoms. The lowest BCUT2D eigenvalue weighted by molar-refractivity contribution is -0.167. The normalized spacial score (nSPS) is 28.9. The number of esters is 2. The van der Waals surface area contributed by atoms with Gasteiger partial charge in [-0.05, 0) is 77.5 Å². The Bertz CT molecular complexity index is 880. The summed E-state index contributed by atoms with van der Waals surface area (Å²) < 4.78 is 11.2. The Kier molecular flexibility index (Phi) is 10.7. The molecule has 182 valence electrons. The average molecular weight is 459 g/mol. The molecule has 0 heterocycles. The predicted molar refractivity (Wildman–Crippen MR) is 129 cm³/mol. The molecular formula is C27H38O6. The molecule has 0 unspecified atom stereocenters. The first-order valence-corrected chi connectivity index (χ1v) is 11.2. The van der Waals surface area contributed by atoms with Crippen LogP contribution in [0.15, 0.2) is 59.3 Å². The summed E-state index contributed by atoms with van der Waals surface area (Å²) in [4.78, 5) is 37.1. The maximum atomic E-state index is 12.7. The number of aliphatic hydroxyl groups is 1. The first-order chi connectivity index (χ1) is 15.3. The molecule has 0 amide bonds. The minimum atomic E-state index is -1.42. The Morgan fingerprint density at radius 3 is 2.33 bits per heavy atom. The lowest BCUT2D eigenvalue weighted by atomic mass is 9.80. The van der Waals surface area contributed by atoms with E-state index < -0.39 is 35.7 Å². The topological polar surface area (TPSA) is 89.9 Å². The molecule has 1 N–H and O–H groups in total. The van der Waals surface area contributed by atoms with Gasteiger partial charge < -0.3 is 14.6 Å². The fraction of sp³-hybridized carbons (Fsp3) is 0.519. The second-order valence-corrected chi connectivity index (χ2v) is 9.48. The fourth-order valence-corrected chi connectivity index (χ4v) is 3.45. The van der Waals surface area contributed by atoms with Gasteiger partial charge in [0.2, 0.25) is 0 Å². The Morgan fingerprint density at radius 1 is 1.12 bits per heavy atom. The number of hydrogen-bond acceptors (Lipinski definition) is 6. The Morgan fingerprint density at radius 2 is 1.79 bits per heavy atom. The highest BCUT2D eigenvalue weighted by Crippen LogP contribution is 2.34. The molecule has 0 aromatic carbocycles. The molecule has 6 nitrogen and oxygen atoms in total. The van der Waals surface area contributed by atoms with E-state index >= 15 is 0 Å². The monoisotopic (exact) mass is 458 g/mol. The molecule has 1 aliphatic carbocycles. The van der Waals surface area contributed by atoms with Gasteiger partial charge in [0.25, 0.3) is 0 Å². The molecule has 0 aromatic rings. The SMILES string of the molecule is CC(=O)O[C@]1(C)/C=C/C(=O)/C(CO)=C\C[C@](C)(CCC=C(C)C)/C=C/[C@H]1OC(=O)C=C(C)C. The van der Waals surface area contributed by atoms with Gasteiger partial charge in [-0.1, -0.05) is 36.3 Å². The van der Waals surface area contributed by atoms with Crippen molar-refractivity contribution in [1.29, 1.82) is 0 Å². The molecule has 0 saturated carbocycles. The maximum absolute atomic E-state index is 12.7. The van der Waals surface area contributed by atoms with E-state index in [4.69, 9.17) is 9.47 Å². The molecule has 0 bridgehead atoms. The van der Waals surface area contributed by atoms with Gasteiger partial charge >= 0.3 is 11.9 Å². The van der Waals surface area contributed by atoms with Crippen LogP contribution in [0, 0.1) is 5.41 Å². The smallest absolute Gasteiger partial charge is 0.331 e. The summed E-state index contributed by atoms with van der Waals surface area (Å²) in [5, 5.41) is 9.75. The van der Waals surface area contributed by atoms with E-state index in [1.165, 1.54) is 30.7 Å². The second-order valence-electron chi connectivity index (χ2n) is 9.48. The summed E-state index contributed by atoms with van der Waals surface area (Å²) in [7, 11) is 0. The number of rotatable bonds is 7. The maximum Gasteiger partial charge on any atom is 0.331 e. The van der Waals surface area contributed by atoms with E-state index in [0.717, 1.165) is 18.4 Å². The van der Waals surface area contributed by atoms with Gasteiger partial charge in [-0.3, -0.25) is 9.59 Å². The third-order valence-corrected chi connectivity index (χ3v) is 5.39. The zero-order chi connectivity index (χ0) is 25.2. The number of carbonyl (C=O) groups excluding carboxylic acids is 3. The quantitative estimate of drug-likeness (QED) is 0.330. The Labute approximate surface area is 197 Å². The number of carbonyl (C=O) groups is 3. The third kappa shape index (κ3) is 9.74. The average Bonchev–Trinajstić information content (AvgIpc) is 2.69. The van der Waals surface area contributed by atoms with Crippen LogP contribution in [0.25, 0.3) is 0 Å². The molecule has 33 heavy (non-hydrogen) atoms. The van der Waals surface area contributed by atoms with Crippen LogP contribution in [0.3, 0.4) is 0 Å². The number of aliphatic hydroxyl groups excluding tert-OH is 1. The minimum absolute atomic E-state index is 0.262. The van der Waals surface area contributed by atoms with Crippen LogP contribution < -0.4 is 0 Å². The van der Waals surface area contributed by atoms with E-state index in [1.807, 2.05) is 26.8 Å². The Balaban J connectivity index is 3.58. The van der Waals surface area contributed by atoms with Crippen LogP contribution in [0.5, 0.6) is 0 Å². The summed E-state index contributed by atoms with van der Waals surface area (Å²) in [5.74, 6) is -1.54. The van der Waals surface area contributed by atoms with Crippen molar-refractivity contribution in [1.82, 2.24) is 0 Å². The van der Waals surface area contributed by atoms with Crippen LogP contribution >= 0.6 is 0 Å². The predicted octanol–water partition coefficient (Wildman–Crippen LogP) is 4.94. The zero-order valence-electron chi connectivity index (χ0n) is 20.9. The first-order valence-electron chi connectivity index (χ1n) is 11.2. The number of hydrogen-bond donors (Lipinski definition) is 1. The number of ketones is 1. The molecule has 1 rings (SSSR count). The van der Waals surface area contributed by atoms with Crippen molar-refractivity contribution in [3.8, 4) is 0 Å². The summed E-state index contributed by atoms with van der Waals surface area (Å²) in [5.41, 5.74) is 0.424. The van der Waals surface area contributed by atoms with E-state index in [0.29, 0.717) is 6.42 Å². The highest BCUT2D eigenvalue weighted by atomic mass is 16.6. The lowest BCUT2D eigenvalue weighted by Gasteiger charge is -2.33. The molecule has 0 radical (unpaired) electrons. The highest BCUT2D eigenvalue weighted by Gasteiger charge is 2.38. The number of allylic oxidation sites excluding steroid dienone is 6. The standard InChI is InChI=1S/C27H38O6/c1-19(2)9-8-13-26(6)14-10-22(18-28)23(30)11-16-27(7,33-21(5)29)24(12-15-26)32-25(31)17-20(3)4/h9-12,15-17,24,28H,8,13-14,18H2,1-7H3/b15-12+,16-11+,22-10-/t24-,26+,27-/m1/s1. The first kappa shape index (κ1) is 28.3. The van der Waals surface area contributed by atoms with Gasteiger partial charge in [-0.2, -0.15) is 0 Å². The molecule has 0 aliphatic heterocycles. The largest absolute Gasteiger partial charge is 0.451 e. The number of ether oxygens (including phenoxy) is 2. The molecule has 1 aliphatic rings. The van der Waals surface area contributed by atoms with Crippen LogP contribution in [0.4, 0.5) is 0 Å². The van der Waals surface area contributed by atoms with Gasteiger partial charge in [0.15, 0.2) is 17.5 Å². The third-order valence-electron chi connectivity index (χ3n) is 5.39. The van der Waals surface area contributed by atoms with Crippen molar-refractivity contribution >= 4 is 17.7 Å². The van der Waals surface area contributed by atoms with Crippen LogP contribution in [-0.4, -0.2) is 41.1 Å². The minimum Gasteiger partial charge on any atom is -0.451 e. The summed E-state index contributed by atoms with van der Waals surface area (Å²) in [6, 6.07) is 0. The molecular weight excluding hydrogens is 420 g/mol. The van der Waals surface area contributed by atoms with Crippen molar-refractivity contribution in [3.05, 3.63) is 59.3 Å². The fourth-order valence-electron chi connectivity index (χ4n) is 3.45. The van der Waals surface area contributed by atoms with Crippen molar-refractivity contribution in [2.75, 3.05) is 6.61 Å². The zero-order valence-corrected chi connectivity index (χ0v) is 20.9. The van der Waals surface area contributed by atoms with E-state index in [9.17, 15) is 19.5 Å². The van der Waals surface area contributed by atoms with E-state index in [2.05, 4.69) is 6.08 Å². The van der Waals surface area contributed by atoms with Gasteiger partial charge in [-0.15, -0.1) is 0 Å².